The summed E-state index contributed by atoms with van der Waals surface area (Å²) in [7, 11) is -3.50. The highest BCUT2D eigenvalue weighted by molar-refractivity contribution is 7.89. The Kier molecular flexibility index (Phi) is 5.50. The molecule has 1 aliphatic heterocycles. The molecule has 124 valence electrons. The van der Waals surface area contributed by atoms with Gasteiger partial charge in [0.05, 0.1) is 6.61 Å². The first-order valence-corrected chi connectivity index (χ1v) is 9.57. The Morgan fingerprint density at radius 1 is 1.36 bits per heavy atom. The SMILES string of the molecule is CCOc1ccc(C(C)C)cc1S(=O)(=O)N1CCC[C@H](C)C1. The molecule has 0 spiro atoms. The van der Waals surface area contributed by atoms with Crippen molar-refractivity contribution in [3.8, 4) is 5.75 Å². The smallest absolute Gasteiger partial charge is 0.246 e. The van der Waals surface area contributed by atoms with E-state index in [1.165, 1.54) is 0 Å². The van der Waals surface area contributed by atoms with Crippen LogP contribution in [-0.4, -0.2) is 32.4 Å². The maximum Gasteiger partial charge on any atom is 0.246 e. The number of ether oxygens (including phenoxy) is 1. The van der Waals surface area contributed by atoms with Crippen LogP contribution in [0.1, 0.15) is 52.0 Å². The molecular weight excluding hydrogens is 298 g/mol. The van der Waals surface area contributed by atoms with E-state index in [2.05, 4.69) is 20.8 Å². The van der Waals surface area contributed by atoms with Gasteiger partial charge in [-0.05, 0) is 49.3 Å². The van der Waals surface area contributed by atoms with Crippen LogP contribution >= 0.6 is 0 Å². The van der Waals surface area contributed by atoms with Crippen molar-refractivity contribution in [3.63, 3.8) is 0 Å². The third-order valence-corrected chi connectivity index (χ3v) is 6.06. The quantitative estimate of drug-likeness (QED) is 0.830. The van der Waals surface area contributed by atoms with Gasteiger partial charge in [-0.25, -0.2) is 8.42 Å². The summed E-state index contributed by atoms with van der Waals surface area (Å²) in [6.45, 7) is 9.76. The van der Waals surface area contributed by atoms with Crippen molar-refractivity contribution in [2.75, 3.05) is 19.7 Å². The molecule has 0 aliphatic carbocycles. The average molecular weight is 325 g/mol. The van der Waals surface area contributed by atoms with Crippen molar-refractivity contribution < 1.29 is 13.2 Å². The molecule has 22 heavy (non-hydrogen) atoms. The predicted octanol–water partition coefficient (Wildman–Crippen LogP) is 3.63. The van der Waals surface area contributed by atoms with Crippen molar-refractivity contribution in [3.05, 3.63) is 23.8 Å². The lowest BCUT2D eigenvalue weighted by molar-refractivity contribution is 0.278. The number of nitrogens with zero attached hydrogens (tertiary/aromatic N) is 1. The molecule has 1 heterocycles. The molecule has 1 fully saturated rings. The van der Waals surface area contributed by atoms with Crippen LogP contribution in [0.25, 0.3) is 0 Å². The third-order valence-electron chi connectivity index (χ3n) is 4.17. The van der Waals surface area contributed by atoms with E-state index >= 15 is 0 Å². The molecule has 0 radical (unpaired) electrons. The Hall–Kier alpha value is -1.07. The molecule has 1 aromatic rings. The maximum absolute atomic E-state index is 13.0. The van der Waals surface area contributed by atoms with Crippen molar-refractivity contribution in [2.45, 2.75) is 51.3 Å². The minimum atomic E-state index is -3.50. The number of piperidine rings is 1. The largest absolute Gasteiger partial charge is 0.492 e. The lowest BCUT2D eigenvalue weighted by Crippen LogP contribution is -2.39. The van der Waals surface area contributed by atoms with Gasteiger partial charge in [-0.15, -0.1) is 0 Å². The summed E-state index contributed by atoms with van der Waals surface area (Å²) in [6.07, 6.45) is 2.02. The third kappa shape index (κ3) is 3.63. The molecule has 5 heteroatoms. The monoisotopic (exact) mass is 325 g/mol. The van der Waals surface area contributed by atoms with Crippen molar-refractivity contribution in [2.24, 2.45) is 5.92 Å². The molecule has 1 aliphatic rings. The van der Waals surface area contributed by atoms with Gasteiger partial charge >= 0.3 is 0 Å². The van der Waals surface area contributed by atoms with Gasteiger partial charge in [0, 0.05) is 13.1 Å². The zero-order valence-corrected chi connectivity index (χ0v) is 14.8. The normalized spacial score (nSPS) is 20.3. The summed E-state index contributed by atoms with van der Waals surface area (Å²) >= 11 is 0. The van der Waals surface area contributed by atoms with Gasteiger partial charge in [0.1, 0.15) is 10.6 Å². The number of hydrogen-bond acceptors (Lipinski definition) is 3. The Labute approximate surface area is 134 Å². The standard InChI is InChI=1S/C17H27NO3S/c1-5-21-16-9-8-15(13(2)3)11-17(16)22(19,20)18-10-6-7-14(4)12-18/h8-9,11,13-14H,5-7,10,12H2,1-4H3/t14-/m0/s1. The first kappa shape index (κ1) is 17.3. The average Bonchev–Trinajstić information content (AvgIpc) is 2.47. The Morgan fingerprint density at radius 2 is 2.09 bits per heavy atom. The van der Waals surface area contributed by atoms with Crippen LogP contribution in [0.15, 0.2) is 23.1 Å². The van der Waals surface area contributed by atoms with Crippen LogP contribution < -0.4 is 4.74 Å². The Balaban J connectivity index is 2.45. The number of benzene rings is 1. The molecule has 2 rings (SSSR count). The first-order valence-electron chi connectivity index (χ1n) is 8.13. The lowest BCUT2D eigenvalue weighted by atomic mass is 10.0. The Morgan fingerprint density at radius 3 is 2.68 bits per heavy atom. The summed E-state index contributed by atoms with van der Waals surface area (Å²) < 4.78 is 33.3. The van der Waals surface area contributed by atoms with E-state index in [1.807, 2.05) is 13.0 Å². The predicted molar refractivity (Wildman–Crippen MR) is 88.9 cm³/mol. The van der Waals surface area contributed by atoms with Gasteiger partial charge in [0.25, 0.3) is 0 Å². The summed E-state index contributed by atoms with van der Waals surface area (Å²) in [5.41, 5.74) is 1.02. The summed E-state index contributed by atoms with van der Waals surface area (Å²) in [6, 6.07) is 5.52. The molecule has 0 N–H and O–H groups in total. The molecule has 4 nitrogen and oxygen atoms in total. The van der Waals surface area contributed by atoms with Crippen LogP contribution in [0.4, 0.5) is 0 Å². The fraction of sp³-hybridized carbons (Fsp3) is 0.647. The highest BCUT2D eigenvalue weighted by Crippen LogP contribution is 2.32. The fourth-order valence-electron chi connectivity index (χ4n) is 2.86. The highest BCUT2D eigenvalue weighted by Gasteiger charge is 2.31. The van der Waals surface area contributed by atoms with E-state index in [9.17, 15) is 8.42 Å². The minimum absolute atomic E-state index is 0.282. The van der Waals surface area contributed by atoms with Crippen molar-refractivity contribution in [1.29, 1.82) is 0 Å². The van der Waals surface area contributed by atoms with Gasteiger partial charge in [-0.3, -0.25) is 0 Å². The summed E-state index contributed by atoms with van der Waals surface area (Å²) in [5, 5.41) is 0. The van der Waals surface area contributed by atoms with Crippen LogP contribution in [-0.2, 0) is 10.0 Å². The molecule has 0 unspecified atom stereocenters. The summed E-state index contributed by atoms with van der Waals surface area (Å²) in [4.78, 5) is 0.314. The molecule has 1 aromatic carbocycles. The van der Waals surface area contributed by atoms with Crippen LogP contribution in [0.5, 0.6) is 5.75 Å². The van der Waals surface area contributed by atoms with Crippen LogP contribution in [0, 0.1) is 5.92 Å². The summed E-state index contributed by atoms with van der Waals surface area (Å²) in [5.74, 6) is 1.15. The second kappa shape index (κ2) is 7.01. The zero-order chi connectivity index (χ0) is 16.3. The molecular formula is C17H27NO3S. The van der Waals surface area contributed by atoms with Gasteiger partial charge in [-0.1, -0.05) is 26.8 Å². The minimum Gasteiger partial charge on any atom is -0.492 e. The lowest BCUT2D eigenvalue weighted by Gasteiger charge is -2.30. The van der Waals surface area contributed by atoms with Gasteiger partial charge in [0.15, 0.2) is 0 Å². The van der Waals surface area contributed by atoms with Gasteiger partial charge in [0.2, 0.25) is 10.0 Å². The number of hydrogen-bond donors (Lipinski definition) is 0. The van der Waals surface area contributed by atoms with Crippen LogP contribution in [0.2, 0.25) is 0 Å². The first-order chi connectivity index (χ1) is 10.4. The number of rotatable bonds is 5. The molecule has 0 amide bonds. The topological polar surface area (TPSA) is 46.6 Å². The van der Waals surface area contributed by atoms with E-state index in [-0.39, 0.29) is 5.92 Å². The molecule has 0 bridgehead atoms. The molecule has 0 saturated carbocycles. The van der Waals surface area contributed by atoms with Crippen molar-refractivity contribution >= 4 is 10.0 Å². The second-order valence-corrected chi connectivity index (χ2v) is 8.31. The Bertz CT molecular complexity index is 610. The maximum atomic E-state index is 13.0. The second-order valence-electron chi connectivity index (χ2n) is 6.40. The van der Waals surface area contributed by atoms with E-state index in [4.69, 9.17) is 4.74 Å². The van der Waals surface area contributed by atoms with Gasteiger partial charge in [-0.2, -0.15) is 4.31 Å². The fourth-order valence-corrected chi connectivity index (χ4v) is 4.63. The number of sulfonamides is 1. The van der Waals surface area contributed by atoms with E-state index in [0.717, 1.165) is 18.4 Å². The highest BCUT2D eigenvalue weighted by atomic mass is 32.2. The molecule has 1 atom stereocenters. The zero-order valence-electron chi connectivity index (χ0n) is 14.0. The molecule has 1 saturated heterocycles. The van der Waals surface area contributed by atoms with Crippen molar-refractivity contribution in [1.82, 2.24) is 4.31 Å². The van der Waals surface area contributed by atoms with E-state index in [0.29, 0.717) is 36.3 Å². The van der Waals surface area contributed by atoms with Gasteiger partial charge < -0.3 is 4.74 Å². The van der Waals surface area contributed by atoms with E-state index in [1.54, 1.807) is 16.4 Å². The molecule has 0 aromatic heterocycles. The van der Waals surface area contributed by atoms with E-state index < -0.39 is 10.0 Å². The van der Waals surface area contributed by atoms with Crippen LogP contribution in [0.3, 0.4) is 0 Å².